The lowest BCUT2D eigenvalue weighted by Crippen LogP contribution is -2.53. The van der Waals surface area contributed by atoms with Gasteiger partial charge in [0.2, 0.25) is 5.72 Å². The molecule has 0 unspecified atom stereocenters. The Kier molecular flexibility index (Phi) is 5.58. The molecule has 0 aliphatic carbocycles. The van der Waals surface area contributed by atoms with Gasteiger partial charge in [0.15, 0.2) is 6.61 Å². The number of carbonyl (C=O) groups excluding carboxylic acids is 1. The Morgan fingerprint density at radius 1 is 1.56 bits per heavy atom. The van der Waals surface area contributed by atoms with Crippen molar-refractivity contribution in [2.24, 2.45) is 5.92 Å². The molecule has 0 aromatic carbocycles. The van der Waals surface area contributed by atoms with Crippen molar-refractivity contribution >= 4 is 11.8 Å². The largest absolute Gasteiger partial charge is 0.459 e. The van der Waals surface area contributed by atoms with E-state index in [9.17, 15) is 24.9 Å². The molecule has 5 N–H and O–H groups in total. The molecular weight excluding hydrogens is 365 g/mol. The van der Waals surface area contributed by atoms with E-state index in [4.69, 9.17) is 21.6 Å². The molecule has 1 aromatic rings. The number of aliphatic hydroxyl groups excluding tert-OH is 3. The van der Waals surface area contributed by atoms with E-state index in [1.165, 1.54) is 13.8 Å². The minimum atomic E-state index is -3.11. The predicted octanol–water partition coefficient (Wildman–Crippen LogP) is -1.93. The zero-order valence-electron chi connectivity index (χ0n) is 14.6. The Morgan fingerprint density at radius 2 is 2.19 bits per heavy atom. The Labute approximate surface area is 153 Å². The van der Waals surface area contributed by atoms with E-state index >= 15 is 4.39 Å². The second-order valence-electron chi connectivity index (χ2n) is 6.38. The zero-order chi connectivity index (χ0) is 20.6. The fraction of sp³-hybridized carbons (Fsp3) is 0.562. The molecule has 10 nitrogen and oxygen atoms in total. The number of aromatic nitrogens is 2. The predicted molar refractivity (Wildman–Crippen MR) is 88.6 cm³/mol. The second kappa shape index (κ2) is 7.24. The van der Waals surface area contributed by atoms with Crippen LogP contribution in [0.2, 0.25) is 0 Å². The van der Waals surface area contributed by atoms with E-state index < -0.39 is 54.6 Å². The lowest BCUT2D eigenvalue weighted by atomic mass is 10.0. The van der Waals surface area contributed by atoms with Gasteiger partial charge in [-0.3, -0.25) is 9.36 Å². The number of alkyl halides is 1. The minimum absolute atomic E-state index is 0.0877. The fourth-order valence-electron chi connectivity index (χ4n) is 2.59. The van der Waals surface area contributed by atoms with Crippen LogP contribution in [0.4, 0.5) is 10.2 Å². The Bertz CT molecular complexity index is 836. The molecule has 4 atom stereocenters. The normalized spacial score (nSPS) is 30.3. The number of nitrogens with zero attached hydrogens (tertiary/aromatic N) is 2. The number of terminal acetylenes is 1. The summed E-state index contributed by atoms with van der Waals surface area (Å²) < 4.78 is 25.5. The minimum Gasteiger partial charge on any atom is -0.459 e. The third kappa shape index (κ3) is 3.40. The van der Waals surface area contributed by atoms with E-state index in [2.05, 4.69) is 10.9 Å². The molecule has 1 saturated heterocycles. The first-order valence-electron chi connectivity index (χ1n) is 7.91. The molecule has 1 aliphatic rings. The first-order valence-corrected chi connectivity index (χ1v) is 7.91. The average molecular weight is 385 g/mol. The number of ether oxygens (including phenoxy) is 2. The van der Waals surface area contributed by atoms with Crippen molar-refractivity contribution in [3.8, 4) is 12.3 Å². The van der Waals surface area contributed by atoms with Crippen LogP contribution in [-0.4, -0.2) is 62.1 Å². The van der Waals surface area contributed by atoms with Gasteiger partial charge in [0, 0.05) is 6.20 Å². The van der Waals surface area contributed by atoms with Crippen molar-refractivity contribution in [1.82, 2.24) is 9.55 Å². The lowest BCUT2D eigenvalue weighted by Gasteiger charge is -2.32. The van der Waals surface area contributed by atoms with Gasteiger partial charge in [0.25, 0.3) is 5.85 Å². The summed E-state index contributed by atoms with van der Waals surface area (Å²) in [5, 5.41) is 30.2. The van der Waals surface area contributed by atoms with Crippen LogP contribution in [0.15, 0.2) is 11.0 Å². The number of hydrogen-bond acceptors (Lipinski definition) is 9. The van der Waals surface area contributed by atoms with Crippen LogP contribution in [-0.2, 0) is 20.0 Å². The van der Waals surface area contributed by atoms with Gasteiger partial charge >= 0.3 is 11.7 Å². The van der Waals surface area contributed by atoms with Gasteiger partial charge in [-0.25, -0.2) is 9.18 Å². The lowest BCUT2D eigenvalue weighted by molar-refractivity contribution is -0.260. The summed E-state index contributed by atoms with van der Waals surface area (Å²) in [5.74, 6) is -2.63. The molecule has 11 heteroatoms. The smallest absolute Gasteiger partial charge is 0.352 e. The van der Waals surface area contributed by atoms with E-state index in [0.717, 1.165) is 6.20 Å². The van der Waals surface area contributed by atoms with Crippen LogP contribution in [0.3, 0.4) is 0 Å². The molecule has 0 amide bonds. The van der Waals surface area contributed by atoms with Crippen molar-refractivity contribution in [2.75, 3.05) is 18.9 Å². The van der Waals surface area contributed by atoms with Crippen molar-refractivity contribution in [3.05, 3.63) is 22.2 Å². The molecule has 2 rings (SSSR count). The monoisotopic (exact) mass is 385 g/mol. The molecule has 1 aliphatic heterocycles. The summed E-state index contributed by atoms with van der Waals surface area (Å²) in [6, 6.07) is 0. The standard InChI is InChI=1S/C16H20FN3O7/c1-4-9-5-20(14(25)19-12(9)18)16(6-21)11(23)10(22)15(17,27-16)7-26-13(24)8(2)3/h1,5,8,10-11,21-23H,6-7H2,2-3H3,(H2,18,19,25)/t10-,11+,15+,16+/m0/s1. The summed E-state index contributed by atoms with van der Waals surface area (Å²) in [5.41, 5.74) is 1.82. The van der Waals surface area contributed by atoms with Gasteiger partial charge in [-0.15, -0.1) is 6.42 Å². The van der Waals surface area contributed by atoms with Crippen LogP contribution in [0.1, 0.15) is 19.4 Å². The zero-order valence-corrected chi connectivity index (χ0v) is 14.6. The highest BCUT2D eigenvalue weighted by atomic mass is 19.2. The van der Waals surface area contributed by atoms with Crippen LogP contribution in [0.25, 0.3) is 0 Å². The number of hydrogen-bond donors (Lipinski definition) is 4. The molecule has 0 radical (unpaired) electrons. The molecule has 27 heavy (non-hydrogen) atoms. The Morgan fingerprint density at radius 3 is 2.70 bits per heavy atom. The first-order chi connectivity index (χ1) is 12.5. The van der Waals surface area contributed by atoms with E-state index in [0.29, 0.717) is 4.57 Å². The van der Waals surface area contributed by atoms with Gasteiger partial charge in [-0.1, -0.05) is 19.8 Å². The third-order valence-corrected chi connectivity index (χ3v) is 4.18. The van der Waals surface area contributed by atoms with E-state index in [-0.39, 0.29) is 11.4 Å². The summed E-state index contributed by atoms with van der Waals surface area (Å²) in [4.78, 5) is 27.2. The maximum absolute atomic E-state index is 15.1. The first kappa shape index (κ1) is 20.8. The molecule has 0 bridgehead atoms. The van der Waals surface area contributed by atoms with Crippen molar-refractivity contribution in [2.45, 2.75) is 37.6 Å². The number of nitrogen functional groups attached to an aromatic ring is 1. The van der Waals surface area contributed by atoms with Crippen LogP contribution in [0, 0.1) is 18.3 Å². The fourth-order valence-corrected chi connectivity index (χ4v) is 2.59. The Hall–Kier alpha value is -2.52. The van der Waals surface area contributed by atoms with E-state index in [1.807, 2.05) is 0 Å². The second-order valence-corrected chi connectivity index (χ2v) is 6.38. The van der Waals surface area contributed by atoms with E-state index in [1.54, 1.807) is 0 Å². The van der Waals surface area contributed by atoms with Crippen molar-refractivity contribution in [1.29, 1.82) is 0 Å². The number of carbonyl (C=O) groups is 1. The summed E-state index contributed by atoms with van der Waals surface area (Å²) in [6.45, 7) is 0.799. The van der Waals surface area contributed by atoms with Gasteiger partial charge < -0.3 is 30.5 Å². The van der Waals surface area contributed by atoms with Gasteiger partial charge in [-0.05, 0) is 0 Å². The third-order valence-electron chi connectivity index (χ3n) is 4.18. The number of aliphatic hydroxyl groups is 3. The SMILES string of the molecule is C#Cc1cn([C@]2(CO)O[C@](F)(COC(=O)C(C)C)[C@@H](O)[C@H]2O)c(=O)nc1N. The summed E-state index contributed by atoms with van der Waals surface area (Å²) in [7, 11) is 0. The quantitative estimate of drug-likeness (QED) is 0.335. The van der Waals surface area contributed by atoms with Crippen molar-refractivity contribution < 1.29 is 34.0 Å². The highest BCUT2D eigenvalue weighted by molar-refractivity contribution is 5.71. The Balaban J connectivity index is 2.48. The molecule has 1 fully saturated rings. The van der Waals surface area contributed by atoms with Gasteiger partial charge in [0.05, 0.1) is 18.1 Å². The number of halogens is 1. The molecule has 0 spiro atoms. The van der Waals surface area contributed by atoms with Crippen LogP contribution < -0.4 is 11.4 Å². The maximum Gasteiger partial charge on any atom is 0.352 e. The number of anilines is 1. The number of rotatable bonds is 5. The molecule has 0 saturated carbocycles. The molecule has 1 aromatic heterocycles. The topological polar surface area (TPSA) is 157 Å². The molecular formula is C16H20FN3O7. The number of nitrogens with two attached hydrogens (primary N) is 1. The average Bonchev–Trinajstić information content (AvgIpc) is 2.82. The summed E-state index contributed by atoms with van der Waals surface area (Å²) in [6.07, 6.45) is 1.79. The maximum atomic E-state index is 15.1. The van der Waals surface area contributed by atoms with Crippen molar-refractivity contribution in [3.63, 3.8) is 0 Å². The van der Waals surface area contributed by atoms with Crippen LogP contribution in [0.5, 0.6) is 0 Å². The molecule has 2 heterocycles. The highest BCUT2D eigenvalue weighted by Crippen LogP contribution is 2.42. The van der Waals surface area contributed by atoms with Gasteiger partial charge in [-0.2, -0.15) is 4.98 Å². The number of esters is 1. The van der Waals surface area contributed by atoms with Crippen LogP contribution >= 0.6 is 0 Å². The molecule has 148 valence electrons. The highest BCUT2D eigenvalue weighted by Gasteiger charge is 2.65. The van der Waals surface area contributed by atoms with Gasteiger partial charge in [0.1, 0.15) is 18.0 Å². The summed E-state index contributed by atoms with van der Waals surface area (Å²) >= 11 is 0.